The van der Waals surface area contributed by atoms with E-state index in [0.717, 1.165) is 17.2 Å². The maximum Gasteiger partial charge on any atom is 0.255 e. The summed E-state index contributed by atoms with van der Waals surface area (Å²) in [5.74, 6) is 1.77. The number of rotatable bonds is 9. The highest BCUT2D eigenvalue weighted by molar-refractivity contribution is 7.98. The van der Waals surface area contributed by atoms with Gasteiger partial charge in [0.1, 0.15) is 17.5 Å². The maximum atomic E-state index is 13.3. The van der Waals surface area contributed by atoms with Crippen molar-refractivity contribution in [3.63, 3.8) is 0 Å². The molecule has 1 fully saturated rings. The molecule has 0 radical (unpaired) electrons. The normalized spacial score (nSPS) is 14.6. The number of nitrogens with one attached hydrogen (secondary N) is 1. The standard InChI is InChI=1S/C24H31N3O4S/c1-30-21-10-6-4-8-18(21)23(28)25-19(12-17-32-3)24(29)27-15-13-26(14-16-27)20-9-5-7-11-22(20)31-2/h4-11,19H,12-17H2,1-3H3,(H,25,28). The fourth-order valence-corrected chi connectivity index (χ4v) is 4.31. The Balaban J connectivity index is 1.66. The quantitative estimate of drug-likeness (QED) is 0.624. The third-order valence-corrected chi connectivity index (χ3v) is 6.23. The molecule has 8 heteroatoms. The number of amides is 2. The third kappa shape index (κ3) is 5.68. The molecule has 1 N–H and O–H groups in total. The summed E-state index contributed by atoms with van der Waals surface area (Å²) in [6.07, 6.45) is 2.57. The molecule has 1 heterocycles. The Morgan fingerprint density at radius 3 is 2.25 bits per heavy atom. The summed E-state index contributed by atoms with van der Waals surface area (Å²) in [5.41, 5.74) is 1.46. The number of methoxy groups -OCH3 is 2. The Morgan fingerprint density at radius 1 is 0.969 bits per heavy atom. The van der Waals surface area contributed by atoms with Crippen molar-refractivity contribution in [3.8, 4) is 11.5 Å². The number of anilines is 1. The van der Waals surface area contributed by atoms with E-state index >= 15 is 0 Å². The summed E-state index contributed by atoms with van der Waals surface area (Å²) in [4.78, 5) is 30.3. The van der Waals surface area contributed by atoms with Crippen LogP contribution in [0.25, 0.3) is 0 Å². The second-order valence-electron chi connectivity index (χ2n) is 7.49. The van der Waals surface area contributed by atoms with Crippen molar-refractivity contribution in [2.45, 2.75) is 12.5 Å². The van der Waals surface area contributed by atoms with Gasteiger partial charge in [-0.25, -0.2) is 0 Å². The lowest BCUT2D eigenvalue weighted by Gasteiger charge is -2.38. The van der Waals surface area contributed by atoms with Gasteiger partial charge in [-0.1, -0.05) is 24.3 Å². The van der Waals surface area contributed by atoms with Gasteiger partial charge in [0, 0.05) is 26.2 Å². The van der Waals surface area contributed by atoms with Gasteiger partial charge in [-0.15, -0.1) is 0 Å². The molecule has 0 aliphatic carbocycles. The second-order valence-corrected chi connectivity index (χ2v) is 8.48. The molecule has 1 unspecified atom stereocenters. The van der Waals surface area contributed by atoms with E-state index in [2.05, 4.69) is 10.2 Å². The molecule has 1 aliphatic heterocycles. The number of carbonyl (C=O) groups excluding carboxylic acids is 2. The van der Waals surface area contributed by atoms with Gasteiger partial charge < -0.3 is 24.6 Å². The highest BCUT2D eigenvalue weighted by Gasteiger charge is 2.29. The Hall–Kier alpha value is -2.87. The smallest absolute Gasteiger partial charge is 0.255 e. The van der Waals surface area contributed by atoms with E-state index in [1.54, 1.807) is 37.1 Å². The van der Waals surface area contributed by atoms with E-state index < -0.39 is 6.04 Å². The average molecular weight is 458 g/mol. The number of para-hydroxylation sites is 3. The zero-order chi connectivity index (χ0) is 22.9. The molecule has 0 spiro atoms. The Labute approximate surface area is 194 Å². The van der Waals surface area contributed by atoms with Gasteiger partial charge in [0.2, 0.25) is 5.91 Å². The molecule has 0 saturated carbocycles. The van der Waals surface area contributed by atoms with E-state index in [9.17, 15) is 9.59 Å². The topological polar surface area (TPSA) is 71.1 Å². The number of ether oxygens (including phenoxy) is 2. The fourth-order valence-electron chi connectivity index (χ4n) is 3.84. The monoisotopic (exact) mass is 457 g/mol. The van der Waals surface area contributed by atoms with Crippen LogP contribution in [0.15, 0.2) is 48.5 Å². The van der Waals surface area contributed by atoms with Crippen molar-refractivity contribution < 1.29 is 19.1 Å². The summed E-state index contributed by atoms with van der Waals surface area (Å²) in [7, 11) is 3.20. The van der Waals surface area contributed by atoms with Crippen LogP contribution in [-0.2, 0) is 4.79 Å². The van der Waals surface area contributed by atoms with Crippen LogP contribution in [0.3, 0.4) is 0 Å². The lowest BCUT2D eigenvalue weighted by atomic mass is 10.1. The molecule has 1 saturated heterocycles. The number of nitrogens with zero attached hydrogens (tertiary/aromatic N) is 2. The van der Waals surface area contributed by atoms with Crippen LogP contribution in [0.4, 0.5) is 5.69 Å². The third-order valence-electron chi connectivity index (χ3n) is 5.58. The molecule has 0 aromatic heterocycles. The van der Waals surface area contributed by atoms with Gasteiger partial charge in [-0.2, -0.15) is 11.8 Å². The van der Waals surface area contributed by atoms with Gasteiger partial charge in [-0.3, -0.25) is 9.59 Å². The lowest BCUT2D eigenvalue weighted by molar-refractivity contribution is -0.133. The molecule has 1 atom stereocenters. The summed E-state index contributed by atoms with van der Waals surface area (Å²) < 4.78 is 10.8. The largest absolute Gasteiger partial charge is 0.496 e. The zero-order valence-corrected chi connectivity index (χ0v) is 19.7. The molecular weight excluding hydrogens is 426 g/mol. The Bertz CT molecular complexity index is 916. The van der Waals surface area contributed by atoms with Crippen molar-refractivity contribution >= 4 is 29.3 Å². The number of hydrogen-bond acceptors (Lipinski definition) is 6. The molecule has 0 bridgehead atoms. The molecule has 3 rings (SSSR count). The lowest BCUT2D eigenvalue weighted by Crippen LogP contribution is -2.55. The first-order valence-corrected chi connectivity index (χ1v) is 12.1. The van der Waals surface area contributed by atoms with Crippen molar-refractivity contribution in [2.75, 3.05) is 57.3 Å². The van der Waals surface area contributed by atoms with Crippen molar-refractivity contribution in [1.29, 1.82) is 0 Å². The average Bonchev–Trinajstić information content (AvgIpc) is 2.86. The number of thioether (sulfide) groups is 1. The number of piperazine rings is 1. The molecule has 2 amide bonds. The van der Waals surface area contributed by atoms with Crippen molar-refractivity contribution in [2.24, 2.45) is 0 Å². The SMILES string of the molecule is COc1ccccc1C(=O)NC(CCSC)C(=O)N1CCN(c2ccccc2OC)CC1. The van der Waals surface area contributed by atoms with E-state index in [0.29, 0.717) is 43.9 Å². The molecule has 2 aromatic carbocycles. The molecular formula is C24H31N3O4S. The van der Waals surface area contributed by atoms with Gasteiger partial charge in [0.05, 0.1) is 25.5 Å². The molecule has 2 aromatic rings. The van der Waals surface area contributed by atoms with Crippen LogP contribution < -0.4 is 19.7 Å². The number of benzene rings is 2. The van der Waals surface area contributed by atoms with Crippen molar-refractivity contribution in [3.05, 3.63) is 54.1 Å². The van der Waals surface area contributed by atoms with Crippen LogP contribution >= 0.6 is 11.8 Å². The second kappa shape index (κ2) is 11.7. The number of carbonyl (C=O) groups is 2. The highest BCUT2D eigenvalue weighted by Crippen LogP contribution is 2.28. The van der Waals surface area contributed by atoms with Crippen LogP contribution in [0.2, 0.25) is 0 Å². The predicted octanol–water partition coefficient (Wildman–Crippen LogP) is 2.90. The van der Waals surface area contributed by atoms with Gasteiger partial charge >= 0.3 is 0 Å². The minimum absolute atomic E-state index is 0.0398. The van der Waals surface area contributed by atoms with E-state index in [1.165, 1.54) is 7.11 Å². The van der Waals surface area contributed by atoms with Crippen LogP contribution in [0.1, 0.15) is 16.8 Å². The summed E-state index contributed by atoms with van der Waals surface area (Å²) in [5, 5.41) is 2.94. The Morgan fingerprint density at radius 2 is 1.59 bits per heavy atom. The summed E-state index contributed by atoms with van der Waals surface area (Å²) in [6.45, 7) is 2.61. The molecule has 1 aliphatic rings. The predicted molar refractivity (Wildman–Crippen MR) is 129 cm³/mol. The van der Waals surface area contributed by atoms with Gasteiger partial charge in [0.15, 0.2) is 0 Å². The van der Waals surface area contributed by atoms with Crippen molar-refractivity contribution in [1.82, 2.24) is 10.2 Å². The highest BCUT2D eigenvalue weighted by atomic mass is 32.2. The fraction of sp³-hybridized carbons (Fsp3) is 0.417. The minimum Gasteiger partial charge on any atom is -0.496 e. The molecule has 7 nitrogen and oxygen atoms in total. The summed E-state index contributed by atoms with van der Waals surface area (Å²) >= 11 is 1.66. The Kier molecular flexibility index (Phi) is 8.67. The van der Waals surface area contributed by atoms with Crippen LogP contribution in [0.5, 0.6) is 11.5 Å². The summed E-state index contributed by atoms with van der Waals surface area (Å²) in [6, 6.07) is 14.4. The van der Waals surface area contributed by atoms with Crippen LogP contribution in [-0.4, -0.2) is 75.2 Å². The first kappa shape index (κ1) is 23.8. The van der Waals surface area contributed by atoms with Gasteiger partial charge in [0.25, 0.3) is 5.91 Å². The van der Waals surface area contributed by atoms with E-state index in [4.69, 9.17) is 9.47 Å². The number of hydrogen-bond donors (Lipinski definition) is 1. The minimum atomic E-state index is -0.572. The van der Waals surface area contributed by atoms with E-state index in [1.807, 2.05) is 41.5 Å². The zero-order valence-electron chi connectivity index (χ0n) is 18.9. The van der Waals surface area contributed by atoms with Gasteiger partial charge in [-0.05, 0) is 42.7 Å². The molecule has 172 valence electrons. The van der Waals surface area contributed by atoms with E-state index in [-0.39, 0.29) is 11.8 Å². The first-order valence-electron chi connectivity index (χ1n) is 10.7. The molecule has 32 heavy (non-hydrogen) atoms. The maximum absolute atomic E-state index is 13.3. The first-order chi connectivity index (χ1) is 15.6. The van der Waals surface area contributed by atoms with Crippen LogP contribution in [0, 0.1) is 0 Å².